The van der Waals surface area contributed by atoms with Crippen LogP contribution < -0.4 is 10.2 Å². The molecule has 33 heavy (non-hydrogen) atoms. The number of benzene rings is 3. The summed E-state index contributed by atoms with van der Waals surface area (Å²) in [5.74, 6) is -0.797. The lowest BCUT2D eigenvalue weighted by Crippen LogP contribution is -2.33. The van der Waals surface area contributed by atoms with Crippen molar-refractivity contribution >= 4 is 38.9 Å². The summed E-state index contributed by atoms with van der Waals surface area (Å²) in [5.41, 5.74) is 1.25. The van der Waals surface area contributed by atoms with Crippen molar-refractivity contribution in [2.75, 3.05) is 4.90 Å². The third-order valence-electron chi connectivity index (χ3n) is 5.67. The van der Waals surface area contributed by atoms with Crippen molar-refractivity contribution in [3.63, 3.8) is 0 Å². The van der Waals surface area contributed by atoms with Gasteiger partial charge in [0.2, 0.25) is 9.84 Å². The van der Waals surface area contributed by atoms with Gasteiger partial charge in [0, 0.05) is 16.6 Å². The van der Waals surface area contributed by atoms with Gasteiger partial charge >= 0.3 is 0 Å². The van der Waals surface area contributed by atoms with Gasteiger partial charge in [-0.1, -0.05) is 42.8 Å². The Hall–Kier alpha value is -3.16. The molecule has 0 aliphatic carbocycles. The van der Waals surface area contributed by atoms with E-state index >= 15 is 0 Å². The normalized spacial score (nSPS) is 15.2. The van der Waals surface area contributed by atoms with Gasteiger partial charge in [0.05, 0.1) is 27.6 Å². The van der Waals surface area contributed by atoms with E-state index in [0.29, 0.717) is 5.02 Å². The van der Waals surface area contributed by atoms with Gasteiger partial charge in [-0.2, -0.15) is 0 Å². The van der Waals surface area contributed by atoms with Gasteiger partial charge in [0.25, 0.3) is 11.8 Å². The lowest BCUT2D eigenvalue weighted by Gasteiger charge is -2.24. The Morgan fingerprint density at radius 2 is 1.79 bits per heavy atom. The first-order valence-electron chi connectivity index (χ1n) is 10.6. The zero-order valence-electron chi connectivity index (χ0n) is 18.2. The molecule has 1 N–H and O–H groups in total. The van der Waals surface area contributed by atoms with Crippen LogP contribution in [-0.4, -0.2) is 26.3 Å². The smallest absolute Gasteiger partial charge is 0.259 e. The van der Waals surface area contributed by atoms with Crippen LogP contribution >= 0.6 is 11.6 Å². The number of rotatable bonds is 5. The Morgan fingerprint density at radius 1 is 1.03 bits per heavy atom. The molecule has 8 heteroatoms. The van der Waals surface area contributed by atoms with Crippen molar-refractivity contribution in [1.29, 1.82) is 0 Å². The van der Waals surface area contributed by atoms with E-state index in [4.69, 9.17) is 11.6 Å². The number of sulfone groups is 1. The van der Waals surface area contributed by atoms with Gasteiger partial charge < -0.3 is 10.2 Å². The number of nitrogens with one attached hydrogen (secondary N) is 1. The topological polar surface area (TPSA) is 83.6 Å². The van der Waals surface area contributed by atoms with E-state index in [9.17, 15) is 18.0 Å². The van der Waals surface area contributed by atoms with Gasteiger partial charge in [0.1, 0.15) is 0 Å². The molecule has 3 aromatic rings. The molecule has 3 aromatic carbocycles. The number of anilines is 1. The maximum atomic E-state index is 13.6. The molecule has 1 atom stereocenters. The molecule has 1 heterocycles. The molecular formula is C25H23ClN2O4S. The van der Waals surface area contributed by atoms with Gasteiger partial charge in [-0.3, -0.25) is 9.59 Å². The molecule has 0 unspecified atom stereocenters. The number of halogens is 1. The van der Waals surface area contributed by atoms with E-state index in [0.717, 1.165) is 12.0 Å². The molecule has 4 rings (SSSR count). The standard InChI is InChI=1S/C25H23ClN2O4S/c1-3-16(2)27-24(29)18-11-12-23-21(14-18)28(15-17-7-6-8-19(26)13-17)25(30)20-9-4-5-10-22(20)33(23,31)32/h4-14,16H,3,15H2,1-2H3,(H,27,29)/t16-/m1/s1. The summed E-state index contributed by atoms with van der Waals surface area (Å²) in [6.45, 7) is 3.93. The molecule has 1 aliphatic heterocycles. The molecule has 0 fully saturated rings. The van der Waals surface area contributed by atoms with Crippen molar-refractivity contribution in [2.45, 2.75) is 42.6 Å². The molecule has 0 bridgehead atoms. The summed E-state index contributed by atoms with van der Waals surface area (Å²) in [6.07, 6.45) is 0.750. The molecule has 2 amide bonds. The Balaban J connectivity index is 1.91. The molecule has 0 aromatic heterocycles. The maximum absolute atomic E-state index is 13.6. The van der Waals surface area contributed by atoms with Crippen LogP contribution in [0.3, 0.4) is 0 Å². The molecule has 1 aliphatic rings. The van der Waals surface area contributed by atoms with Gasteiger partial charge in [-0.25, -0.2) is 8.42 Å². The van der Waals surface area contributed by atoms with Crippen LogP contribution in [0.1, 0.15) is 46.5 Å². The number of hydrogen-bond acceptors (Lipinski definition) is 4. The van der Waals surface area contributed by atoms with Crippen LogP contribution in [0.15, 0.2) is 76.5 Å². The van der Waals surface area contributed by atoms with Crippen LogP contribution in [0.4, 0.5) is 5.69 Å². The van der Waals surface area contributed by atoms with E-state index in [1.165, 1.54) is 35.2 Å². The average molecular weight is 483 g/mol. The highest BCUT2D eigenvalue weighted by molar-refractivity contribution is 7.91. The van der Waals surface area contributed by atoms with Crippen LogP contribution in [0.25, 0.3) is 0 Å². The summed E-state index contributed by atoms with van der Waals surface area (Å²) in [4.78, 5) is 27.7. The Morgan fingerprint density at radius 3 is 2.52 bits per heavy atom. The zero-order chi connectivity index (χ0) is 23.8. The van der Waals surface area contributed by atoms with Gasteiger partial charge in [-0.05, 0) is 61.4 Å². The number of hydrogen-bond donors (Lipinski definition) is 1. The summed E-state index contributed by atoms with van der Waals surface area (Å²) < 4.78 is 27.0. The molecule has 6 nitrogen and oxygen atoms in total. The van der Waals surface area contributed by atoms with Crippen LogP contribution in [0.2, 0.25) is 5.02 Å². The third-order valence-corrected chi connectivity index (χ3v) is 7.77. The van der Waals surface area contributed by atoms with E-state index in [1.807, 2.05) is 19.9 Å². The highest BCUT2D eigenvalue weighted by atomic mass is 35.5. The average Bonchev–Trinajstić information content (AvgIpc) is 2.87. The van der Waals surface area contributed by atoms with Crippen molar-refractivity contribution in [3.8, 4) is 0 Å². The monoisotopic (exact) mass is 482 g/mol. The van der Waals surface area contributed by atoms with E-state index in [1.54, 1.807) is 30.3 Å². The number of nitrogens with zero attached hydrogens (tertiary/aromatic N) is 1. The lowest BCUT2D eigenvalue weighted by molar-refractivity contribution is 0.0936. The summed E-state index contributed by atoms with van der Waals surface area (Å²) >= 11 is 6.13. The first-order chi connectivity index (χ1) is 15.7. The van der Waals surface area contributed by atoms with E-state index in [-0.39, 0.29) is 45.1 Å². The fourth-order valence-electron chi connectivity index (χ4n) is 3.73. The quantitative estimate of drug-likeness (QED) is 0.562. The summed E-state index contributed by atoms with van der Waals surface area (Å²) in [6, 6.07) is 17.5. The van der Waals surface area contributed by atoms with E-state index in [2.05, 4.69) is 5.32 Å². The van der Waals surface area contributed by atoms with E-state index < -0.39 is 15.7 Å². The van der Waals surface area contributed by atoms with Gasteiger partial charge in [0.15, 0.2) is 0 Å². The number of carbonyl (C=O) groups is 2. The number of carbonyl (C=O) groups excluding carboxylic acids is 2. The van der Waals surface area contributed by atoms with Crippen LogP contribution in [0.5, 0.6) is 0 Å². The van der Waals surface area contributed by atoms with Crippen molar-refractivity contribution in [1.82, 2.24) is 5.32 Å². The second kappa shape index (κ2) is 9.00. The second-order valence-electron chi connectivity index (χ2n) is 7.99. The molecule has 0 saturated carbocycles. The summed E-state index contributed by atoms with van der Waals surface area (Å²) in [5, 5.41) is 3.38. The summed E-state index contributed by atoms with van der Waals surface area (Å²) in [7, 11) is -3.99. The minimum Gasteiger partial charge on any atom is -0.350 e. The molecule has 0 saturated heterocycles. The molecule has 0 radical (unpaired) electrons. The second-order valence-corrected chi connectivity index (χ2v) is 10.3. The highest BCUT2D eigenvalue weighted by Gasteiger charge is 2.36. The number of fused-ring (bicyclic) bond motifs is 2. The Kier molecular flexibility index (Phi) is 6.28. The van der Waals surface area contributed by atoms with Gasteiger partial charge in [-0.15, -0.1) is 0 Å². The van der Waals surface area contributed by atoms with Crippen LogP contribution in [0, 0.1) is 0 Å². The van der Waals surface area contributed by atoms with Crippen LogP contribution in [-0.2, 0) is 16.4 Å². The maximum Gasteiger partial charge on any atom is 0.259 e. The highest BCUT2D eigenvalue weighted by Crippen LogP contribution is 2.38. The third kappa shape index (κ3) is 4.38. The SMILES string of the molecule is CC[C@@H](C)NC(=O)c1ccc2c(c1)N(Cc1cccc(Cl)c1)C(=O)c1ccccc1S2(=O)=O. The largest absolute Gasteiger partial charge is 0.350 e. The first-order valence-corrected chi connectivity index (χ1v) is 12.4. The fraction of sp³-hybridized carbons (Fsp3) is 0.200. The molecule has 170 valence electrons. The first kappa shape index (κ1) is 23.0. The minimum atomic E-state index is -3.99. The zero-order valence-corrected chi connectivity index (χ0v) is 19.8. The molecular weight excluding hydrogens is 460 g/mol. The predicted octanol–water partition coefficient (Wildman–Crippen LogP) is 4.86. The Labute approximate surface area is 198 Å². The number of amides is 2. The molecule has 0 spiro atoms. The van der Waals surface area contributed by atoms with Crippen molar-refractivity contribution in [3.05, 3.63) is 88.4 Å². The Bertz CT molecular complexity index is 1350. The predicted molar refractivity (Wildman–Crippen MR) is 128 cm³/mol. The van der Waals surface area contributed by atoms with Crippen molar-refractivity contribution in [2.24, 2.45) is 0 Å². The lowest BCUT2D eigenvalue weighted by atomic mass is 10.1. The van der Waals surface area contributed by atoms with Crippen molar-refractivity contribution < 1.29 is 18.0 Å². The fourth-order valence-corrected chi connectivity index (χ4v) is 5.58. The minimum absolute atomic E-state index is 0.0251.